The summed E-state index contributed by atoms with van der Waals surface area (Å²) in [6.07, 6.45) is -0.550. The second kappa shape index (κ2) is 6.51. The van der Waals surface area contributed by atoms with E-state index in [1.54, 1.807) is 0 Å². The molecule has 158 valence electrons. The average Bonchev–Trinajstić information content (AvgIpc) is 2.74. The molecule has 0 aromatic heterocycles. The number of rotatable bonds is 3. The van der Waals surface area contributed by atoms with E-state index in [-0.39, 0.29) is 34.4 Å². The summed E-state index contributed by atoms with van der Waals surface area (Å²) in [5, 5.41) is 32.7. The van der Waals surface area contributed by atoms with Gasteiger partial charge in [-0.25, -0.2) is 4.79 Å². The Balaban J connectivity index is 1.61. The normalized spacial score (nSPS) is 42.3. The zero-order valence-corrected chi connectivity index (χ0v) is 17.2. The van der Waals surface area contributed by atoms with Gasteiger partial charge in [0.25, 0.3) is 5.69 Å². The number of aliphatic hydroxyl groups excluding tert-OH is 2. The zero-order chi connectivity index (χ0) is 21.3. The molecule has 0 saturated heterocycles. The molecule has 2 N–H and O–H groups in total. The summed E-state index contributed by atoms with van der Waals surface area (Å²) < 4.78 is 5.87. The van der Waals surface area contributed by atoms with Crippen molar-refractivity contribution in [3.8, 4) is 0 Å². The molecule has 0 spiro atoms. The SMILES string of the molecule is C[C@H]1C[C@@H](O)[C@@H]2[C@@H]3[C@H]1[C@@]2(C)[C@H](O)C[C@@H](OC(=O)c1ccc([N+](=O)[O-])cc1)C3(C)C. The number of benzene rings is 1. The second-order valence-corrected chi connectivity index (χ2v) is 9.99. The van der Waals surface area contributed by atoms with Crippen LogP contribution < -0.4 is 0 Å². The minimum atomic E-state index is -0.664. The molecule has 5 aliphatic carbocycles. The highest BCUT2D eigenvalue weighted by Crippen LogP contribution is 2.73. The van der Waals surface area contributed by atoms with Crippen molar-refractivity contribution in [2.45, 2.75) is 58.8 Å². The summed E-state index contributed by atoms with van der Waals surface area (Å²) in [6.45, 7) is 8.33. The third kappa shape index (κ3) is 2.74. The topological polar surface area (TPSA) is 110 Å². The average molecular weight is 403 g/mol. The molecule has 7 nitrogen and oxygen atoms in total. The maximum atomic E-state index is 12.8. The molecule has 0 amide bonds. The Hall–Kier alpha value is -1.99. The molecular weight excluding hydrogens is 374 g/mol. The highest BCUT2D eigenvalue weighted by atomic mass is 16.6. The van der Waals surface area contributed by atoms with Crippen LogP contribution >= 0.6 is 0 Å². The predicted molar refractivity (Wildman–Crippen MR) is 105 cm³/mol. The molecule has 0 aliphatic heterocycles. The van der Waals surface area contributed by atoms with Crippen LogP contribution in [0.1, 0.15) is 50.9 Å². The third-order valence-corrected chi connectivity index (χ3v) is 8.26. The molecule has 0 radical (unpaired) electrons. The number of nitro benzene ring substituents is 1. The van der Waals surface area contributed by atoms with E-state index in [4.69, 9.17) is 4.74 Å². The lowest BCUT2D eigenvalue weighted by Gasteiger charge is -2.70. The number of carbonyl (C=O) groups excluding carboxylic acids is 1. The zero-order valence-electron chi connectivity index (χ0n) is 17.2. The Kier molecular flexibility index (Phi) is 4.55. The number of aliphatic hydroxyl groups is 2. The predicted octanol–water partition coefficient (Wildman–Crippen LogP) is 3.18. The molecule has 5 saturated carbocycles. The van der Waals surface area contributed by atoms with Crippen molar-refractivity contribution in [2.75, 3.05) is 0 Å². The first-order valence-electron chi connectivity index (χ1n) is 10.3. The summed E-state index contributed by atoms with van der Waals surface area (Å²) in [4.78, 5) is 23.1. The molecule has 5 fully saturated rings. The van der Waals surface area contributed by atoms with Crippen LogP contribution in [-0.2, 0) is 4.74 Å². The lowest BCUT2D eigenvalue weighted by molar-refractivity contribution is -0.384. The Morgan fingerprint density at radius 2 is 1.72 bits per heavy atom. The minimum absolute atomic E-state index is 0.00298. The van der Waals surface area contributed by atoms with Gasteiger partial charge in [0.2, 0.25) is 0 Å². The number of carbonyl (C=O) groups is 1. The molecule has 29 heavy (non-hydrogen) atoms. The maximum Gasteiger partial charge on any atom is 0.338 e. The molecule has 4 bridgehead atoms. The van der Waals surface area contributed by atoms with Gasteiger partial charge in [-0.3, -0.25) is 10.1 Å². The molecule has 5 aliphatic rings. The number of nitrogens with zero attached hydrogens (tertiary/aromatic N) is 1. The van der Waals surface area contributed by atoms with Crippen molar-refractivity contribution in [3.63, 3.8) is 0 Å². The van der Waals surface area contributed by atoms with Gasteiger partial charge in [0.15, 0.2) is 0 Å². The summed E-state index contributed by atoms with van der Waals surface area (Å²) in [5.41, 5.74) is -0.611. The number of hydrogen-bond acceptors (Lipinski definition) is 6. The van der Waals surface area contributed by atoms with Crippen LogP contribution in [0.3, 0.4) is 0 Å². The van der Waals surface area contributed by atoms with Gasteiger partial charge in [-0.1, -0.05) is 27.7 Å². The van der Waals surface area contributed by atoms with Crippen molar-refractivity contribution in [3.05, 3.63) is 39.9 Å². The molecule has 6 rings (SSSR count). The van der Waals surface area contributed by atoms with Gasteiger partial charge in [-0.05, 0) is 42.2 Å². The monoisotopic (exact) mass is 403 g/mol. The van der Waals surface area contributed by atoms with Crippen LogP contribution in [0.5, 0.6) is 0 Å². The summed E-state index contributed by atoms with van der Waals surface area (Å²) >= 11 is 0. The van der Waals surface area contributed by atoms with E-state index in [9.17, 15) is 25.1 Å². The minimum Gasteiger partial charge on any atom is -0.458 e. The van der Waals surface area contributed by atoms with Gasteiger partial charge in [-0.2, -0.15) is 0 Å². The molecule has 8 atom stereocenters. The van der Waals surface area contributed by atoms with Gasteiger partial charge in [0, 0.05) is 29.4 Å². The Morgan fingerprint density at radius 1 is 1.10 bits per heavy atom. The number of fused-ring (bicyclic) bond motifs is 5. The molecule has 0 heterocycles. The van der Waals surface area contributed by atoms with E-state index in [1.807, 2.05) is 0 Å². The second-order valence-electron chi connectivity index (χ2n) is 9.99. The largest absolute Gasteiger partial charge is 0.458 e. The molecule has 0 unspecified atom stereocenters. The standard InChI is InChI=1S/C22H29NO6/c1-11-9-14(24)18-19-17(11)22(18,4)15(25)10-16(21(19,2)3)29-20(26)12-5-7-13(8-6-12)23(27)28/h5-8,11,14-19,24-25H,9-10H2,1-4H3/t11-,14+,15+,16+,17-,18+,19-,22+/m0/s1. The van der Waals surface area contributed by atoms with Crippen LogP contribution in [0.25, 0.3) is 0 Å². The Morgan fingerprint density at radius 3 is 2.28 bits per heavy atom. The van der Waals surface area contributed by atoms with Gasteiger partial charge >= 0.3 is 5.97 Å². The Labute approximate surface area is 170 Å². The smallest absolute Gasteiger partial charge is 0.338 e. The lowest BCUT2D eigenvalue weighted by atomic mass is 9.35. The summed E-state index contributed by atoms with van der Waals surface area (Å²) in [7, 11) is 0. The highest BCUT2D eigenvalue weighted by Gasteiger charge is 2.74. The lowest BCUT2D eigenvalue weighted by Crippen LogP contribution is -2.71. The summed E-state index contributed by atoms with van der Waals surface area (Å²) in [6, 6.07) is 5.35. The maximum absolute atomic E-state index is 12.8. The third-order valence-electron chi connectivity index (χ3n) is 8.26. The first kappa shape index (κ1) is 20.3. The van der Waals surface area contributed by atoms with Crippen molar-refractivity contribution < 1.29 is 24.7 Å². The number of hydrogen-bond donors (Lipinski definition) is 2. The van der Waals surface area contributed by atoms with Crippen molar-refractivity contribution in [1.29, 1.82) is 0 Å². The number of nitro groups is 1. The number of ether oxygens (including phenoxy) is 1. The van der Waals surface area contributed by atoms with E-state index in [0.717, 1.165) is 6.42 Å². The first-order chi connectivity index (χ1) is 13.5. The van der Waals surface area contributed by atoms with Crippen LogP contribution in [-0.4, -0.2) is 39.4 Å². The summed E-state index contributed by atoms with van der Waals surface area (Å²) in [5.74, 6) is 0.190. The molecule has 1 aromatic rings. The molecule has 1 aromatic carbocycles. The molecular formula is C22H29NO6. The van der Waals surface area contributed by atoms with E-state index >= 15 is 0 Å². The number of esters is 1. The van der Waals surface area contributed by atoms with Gasteiger partial charge < -0.3 is 14.9 Å². The van der Waals surface area contributed by atoms with E-state index in [1.165, 1.54) is 24.3 Å². The van der Waals surface area contributed by atoms with Crippen LogP contribution in [0, 0.1) is 44.6 Å². The van der Waals surface area contributed by atoms with Crippen LogP contribution in [0.4, 0.5) is 5.69 Å². The van der Waals surface area contributed by atoms with E-state index in [0.29, 0.717) is 12.3 Å². The fourth-order valence-corrected chi connectivity index (χ4v) is 6.86. The quantitative estimate of drug-likeness (QED) is 0.456. The van der Waals surface area contributed by atoms with E-state index < -0.39 is 34.6 Å². The fraction of sp³-hybridized carbons (Fsp3) is 0.682. The van der Waals surface area contributed by atoms with Crippen LogP contribution in [0.2, 0.25) is 0 Å². The highest BCUT2D eigenvalue weighted by molar-refractivity contribution is 5.89. The van der Waals surface area contributed by atoms with Crippen molar-refractivity contribution >= 4 is 11.7 Å². The molecule has 7 heteroatoms. The van der Waals surface area contributed by atoms with Gasteiger partial charge in [0.05, 0.1) is 22.7 Å². The number of non-ortho nitro benzene ring substituents is 1. The fourth-order valence-electron chi connectivity index (χ4n) is 6.86. The van der Waals surface area contributed by atoms with Gasteiger partial charge in [0.1, 0.15) is 6.10 Å². The first-order valence-corrected chi connectivity index (χ1v) is 10.3. The Bertz CT molecular complexity index is 818. The van der Waals surface area contributed by atoms with E-state index in [2.05, 4.69) is 27.7 Å². The van der Waals surface area contributed by atoms with Crippen LogP contribution in [0.15, 0.2) is 24.3 Å². The van der Waals surface area contributed by atoms with Crippen molar-refractivity contribution in [1.82, 2.24) is 0 Å². The van der Waals surface area contributed by atoms with Gasteiger partial charge in [-0.15, -0.1) is 0 Å². The van der Waals surface area contributed by atoms with Crippen molar-refractivity contribution in [2.24, 2.45) is 34.5 Å².